The minimum Gasteiger partial charge on any atom is -0.481 e. The van der Waals surface area contributed by atoms with Crippen molar-refractivity contribution in [2.75, 3.05) is 19.0 Å². The Morgan fingerprint density at radius 3 is 2.47 bits per heavy atom. The van der Waals surface area contributed by atoms with E-state index in [2.05, 4.69) is 15.3 Å². The third kappa shape index (κ3) is 6.34. The van der Waals surface area contributed by atoms with Gasteiger partial charge in [0, 0.05) is 42.0 Å². The molecular weight excluding hydrogens is 589 g/mol. The summed E-state index contributed by atoms with van der Waals surface area (Å²) in [5.41, 5.74) is 3.17. The first-order chi connectivity index (χ1) is 20.7. The molecule has 1 aliphatic rings. The summed E-state index contributed by atoms with van der Waals surface area (Å²) in [6.07, 6.45) is 4.34. The molecule has 0 bridgehead atoms. The molecule has 1 saturated heterocycles. The first kappa shape index (κ1) is 30.4. The van der Waals surface area contributed by atoms with Gasteiger partial charge in [0.25, 0.3) is 11.5 Å². The molecule has 9 nitrogen and oxygen atoms in total. The van der Waals surface area contributed by atoms with E-state index in [1.807, 2.05) is 30.3 Å². The summed E-state index contributed by atoms with van der Waals surface area (Å²) in [6.45, 7) is 3.06. The van der Waals surface area contributed by atoms with Crippen LogP contribution in [0.4, 0.5) is 5.69 Å². The monoisotopic (exact) mass is 619 g/mol. The number of halogens is 2. The van der Waals surface area contributed by atoms with Crippen LogP contribution in [0.5, 0.6) is 5.88 Å². The number of ketones is 1. The van der Waals surface area contributed by atoms with E-state index >= 15 is 0 Å². The van der Waals surface area contributed by atoms with Crippen LogP contribution in [0.25, 0.3) is 22.4 Å². The van der Waals surface area contributed by atoms with E-state index in [0.29, 0.717) is 45.5 Å². The molecule has 1 unspecified atom stereocenters. The molecule has 2 aromatic carbocycles. The van der Waals surface area contributed by atoms with Gasteiger partial charge in [-0.1, -0.05) is 66.0 Å². The predicted molar refractivity (Wildman–Crippen MR) is 168 cm³/mol. The number of hydrogen-bond donors (Lipinski definition) is 1. The van der Waals surface area contributed by atoms with Crippen molar-refractivity contribution in [1.82, 2.24) is 19.7 Å². The van der Waals surface area contributed by atoms with Crippen molar-refractivity contribution in [2.24, 2.45) is 7.05 Å². The lowest BCUT2D eigenvalue weighted by atomic mass is 9.98. The summed E-state index contributed by atoms with van der Waals surface area (Å²) in [5, 5.41) is 7.27. The lowest BCUT2D eigenvalue weighted by molar-refractivity contribution is -0.123. The largest absolute Gasteiger partial charge is 0.481 e. The molecule has 1 fully saturated rings. The standard InChI is InChI=1S/C32H31Cl2N5O4/c1-19(40)27-12-4-5-17-39(27)18-20-13-14-25(37-31(20)43-3)23-10-6-8-21(28(23)33)22-9-7-11-26(29(22)34)36-30(41)24-15-16-35-38(2)32(24)42/h6-11,13-16,27H,4-5,12,17-18H2,1-3H3,(H,36,41). The SMILES string of the molecule is COc1nc(-c2cccc(-c3cccc(NC(=O)c4ccnn(C)c4=O)c3Cl)c2Cl)ccc1CN1CCCCC1C(C)=O. The van der Waals surface area contributed by atoms with Gasteiger partial charge in [-0.25, -0.2) is 9.67 Å². The summed E-state index contributed by atoms with van der Waals surface area (Å²) >= 11 is 13.7. The number of likely N-dealkylation sites (tertiary alicyclic amines) is 1. The summed E-state index contributed by atoms with van der Waals surface area (Å²) in [7, 11) is 3.05. The summed E-state index contributed by atoms with van der Waals surface area (Å²) < 4.78 is 6.76. The topological polar surface area (TPSA) is 106 Å². The van der Waals surface area contributed by atoms with E-state index in [9.17, 15) is 14.4 Å². The Morgan fingerprint density at radius 2 is 1.72 bits per heavy atom. The average molecular weight is 621 g/mol. The molecule has 1 amide bonds. The van der Waals surface area contributed by atoms with Crippen LogP contribution >= 0.6 is 23.2 Å². The van der Waals surface area contributed by atoms with E-state index in [-0.39, 0.29) is 22.4 Å². The number of piperidine rings is 1. The van der Waals surface area contributed by atoms with Crippen LogP contribution in [0.15, 0.2) is 65.6 Å². The van der Waals surface area contributed by atoms with Crippen molar-refractivity contribution in [3.05, 3.63) is 92.3 Å². The fourth-order valence-electron chi connectivity index (χ4n) is 5.42. The van der Waals surface area contributed by atoms with Crippen LogP contribution in [0.1, 0.15) is 42.1 Å². The molecule has 0 radical (unpaired) electrons. The zero-order valence-electron chi connectivity index (χ0n) is 24.1. The summed E-state index contributed by atoms with van der Waals surface area (Å²) in [6, 6.07) is 15.9. The molecule has 1 aliphatic heterocycles. The van der Waals surface area contributed by atoms with Crippen molar-refractivity contribution >= 4 is 40.6 Å². The second-order valence-electron chi connectivity index (χ2n) is 10.4. The van der Waals surface area contributed by atoms with Gasteiger partial charge in [0.05, 0.1) is 34.6 Å². The van der Waals surface area contributed by atoms with Crippen LogP contribution in [0.3, 0.4) is 0 Å². The number of carbonyl (C=O) groups excluding carboxylic acids is 2. The van der Waals surface area contributed by atoms with Gasteiger partial charge in [-0.2, -0.15) is 5.10 Å². The molecule has 3 heterocycles. The van der Waals surface area contributed by atoms with E-state index in [1.54, 1.807) is 32.2 Å². The predicted octanol–water partition coefficient (Wildman–Crippen LogP) is 6.02. The van der Waals surface area contributed by atoms with E-state index < -0.39 is 11.5 Å². The number of hydrogen-bond acceptors (Lipinski definition) is 7. The maximum Gasteiger partial charge on any atom is 0.279 e. The summed E-state index contributed by atoms with van der Waals surface area (Å²) in [4.78, 5) is 44.4. The molecule has 0 saturated carbocycles. The third-order valence-electron chi connectivity index (χ3n) is 7.65. The minimum absolute atomic E-state index is 0.0560. The van der Waals surface area contributed by atoms with Crippen LogP contribution in [0, 0.1) is 0 Å². The number of methoxy groups -OCH3 is 1. The highest BCUT2D eigenvalue weighted by atomic mass is 35.5. The normalized spacial score (nSPS) is 15.2. The maximum atomic E-state index is 12.9. The number of ether oxygens (including phenoxy) is 1. The highest BCUT2D eigenvalue weighted by Crippen LogP contribution is 2.41. The quantitative estimate of drug-likeness (QED) is 0.257. The van der Waals surface area contributed by atoms with Crippen molar-refractivity contribution in [2.45, 2.75) is 38.8 Å². The number of aromatic nitrogens is 3. The number of pyridine rings is 1. The van der Waals surface area contributed by atoms with Gasteiger partial charge in [-0.3, -0.25) is 19.3 Å². The first-order valence-corrected chi connectivity index (χ1v) is 14.6. The van der Waals surface area contributed by atoms with Crippen molar-refractivity contribution < 1.29 is 14.3 Å². The number of rotatable bonds is 8. The van der Waals surface area contributed by atoms with Gasteiger partial charge in [-0.15, -0.1) is 0 Å². The first-order valence-electron chi connectivity index (χ1n) is 13.9. The second kappa shape index (κ2) is 13.1. The van der Waals surface area contributed by atoms with Crippen molar-refractivity contribution in [3.63, 3.8) is 0 Å². The second-order valence-corrected chi connectivity index (χ2v) is 11.2. The average Bonchev–Trinajstić information content (AvgIpc) is 3.00. The number of Topliss-reactive ketones (excluding diaryl/α,β-unsaturated/α-hetero) is 1. The Bertz CT molecular complexity index is 1760. The van der Waals surface area contributed by atoms with Gasteiger partial charge in [0.15, 0.2) is 0 Å². The van der Waals surface area contributed by atoms with Crippen LogP contribution in [0.2, 0.25) is 10.0 Å². The number of amides is 1. The lowest BCUT2D eigenvalue weighted by Gasteiger charge is -2.34. The zero-order chi connectivity index (χ0) is 30.7. The highest BCUT2D eigenvalue weighted by Gasteiger charge is 2.27. The molecule has 5 rings (SSSR count). The zero-order valence-corrected chi connectivity index (χ0v) is 25.6. The number of anilines is 1. The van der Waals surface area contributed by atoms with E-state index in [0.717, 1.165) is 36.1 Å². The van der Waals surface area contributed by atoms with E-state index in [4.69, 9.17) is 32.9 Å². The molecule has 1 atom stereocenters. The Kier molecular flexibility index (Phi) is 9.25. The van der Waals surface area contributed by atoms with Crippen molar-refractivity contribution in [1.29, 1.82) is 0 Å². The lowest BCUT2D eigenvalue weighted by Crippen LogP contribution is -2.43. The fourth-order valence-corrected chi connectivity index (χ4v) is 6.02. The molecular formula is C32H31Cl2N5O4. The molecule has 11 heteroatoms. The minimum atomic E-state index is -0.600. The highest BCUT2D eigenvalue weighted by molar-refractivity contribution is 6.39. The Balaban J connectivity index is 1.44. The molecule has 0 aliphatic carbocycles. The summed E-state index contributed by atoms with van der Waals surface area (Å²) in [5.74, 6) is 0.0464. The number of aryl methyl sites for hydroxylation is 1. The number of nitrogens with zero attached hydrogens (tertiary/aromatic N) is 4. The van der Waals surface area contributed by atoms with Gasteiger partial charge in [0.1, 0.15) is 11.3 Å². The van der Waals surface area contributed by atoms with Crippen LogP contribution < -0.4 is 15.6 Å². The molecule has 43 heavy (non-hydrogen) atoms. The molecule has 2 aromatic heterocycles. The molecule has 222 valence electrons. The van der Waals surface area contributed by atoms with Crippen LogP contribution in [-0.2, 0) is 18.4 Å². The molecule has 0 spiro atoms. The van der Waals surface area contributed by atoms with Crippen molar-refractivity contribution in [3.8, 4) is 28.3 Å². The van der Waals surface area contributed by atoms with Crippen LogP contribution in [-0.4, -0.2) is 51.1 Å². The fraction of sp³-hybridized carbons (Fsp3) is 0.281. The maximum absolute atomic E-state index is 12.9. The van der Waals surface area contributed by atoms with Gasteiger partial charge in [0.2, 0.25) is 5.88 Å². The molecule has 4 aromatic rings. The van der Waals surface area contributed by atoms with Gasteiger partial charge < -0.3 is 10.1 Å². The number of benzene rings is 2. The third-order valence-corrected chi connectivity index (χ3v) is 8.46. The van der Waals surface area contributed by atoms with Gasteiger partial charge in [-0.05, 0) is 44.5 Å². The van der Waals surface area contributed by atoms with E-state index in [1.165, 1.54) is 19.3 Å². The Labute approximate surface area is 259 Å². The smallest absolute Gasteiger partial charge is 0.279 e. The number of carbonyl (C=O) groups is 2. The van der Waals surface area contributed by atoms with Gasteiger partial charge >= 0.3 is 0 Å². The Hall–Kier alpha value is -4.05. The Morgan fingerprint density at radius 1 is 1.00 bits per heavy atom. The molecule has 1 N–H and O–H groups in total. The number of nitrogens with one attached hydrogen (secondary N) is 1.